The number of halogens is 1. The summed E-state index contributed by atoms with van der Waals surface area (Å²) >= 11 is 6.96. The van der Waals surface area contributed by atoms with Gasteiger partial charge in [0.15, 0.2) is 10.3 Å². The molecule has 0 aliphatic carbocycles. The fraction of sp³-hybridized carbons (Fsp3) is 0.545. The first-order valence-corrected chi connectivity index (χ1v) is 6.98. The lowest BCUT2D eigenvalue weighted by Gasteiger charge is -2.14. The summed E-state index contributed by atoms with van der Waals surface area (Å²) in [5.74, 6) is 0.170. The number of likely N-dealkylation sites (tertiary alicyclic amines) is 1. The van der Waals surface area contributed by atoms with Crippen LogP contribution in [0.25, 0.3) is 0 Å². The van der Waals surface area contributed by atoms with Crippen LogP contribution in [0.5, 0.6) is 0 Å². The second-order valence-electron chi connectivity index (χ2n) is 4.02. The predicted molar refractivity (Wildman–Crippen MR) is 70.8 cm³/mol. The number of thiazole rings is 1. The van der Waals surface area contributed by atoms with E-state index >= 15 is 0 Å². The van der Waals surface area contributed by atoms with E-state index in [-0.39, 0.29) is 11.1 Å². The van der Waals surface area contributed by atoms with E-state index in [1.165, 1.54) is 11.3 Å². The van der Waals surface area contributed by atoms with E-state index in [0.717, 1.165) is 25.9 Å². The molecule has 5 nitrogen and oxygen atoms in total. The number of carbonyl (C=O) groups excluding carboxylic acids is 1. The van der Waals surface area contributed by atoms with Crippen LogP contribution in [-0.2, 0) is 4.79 Å². The number of carbonyl (C=O) groups is 1. The molecule has 7 heteroatoms. The zero-order valence-corrected chi connectivity index (χ0v) is 11.4. The average molecular weight is 285 g/mol. The van der Waals surface area contributed by atoms with Gasteiger partial charge in [-0.15, -0.1) is 0 Å². The monoisotopic (exact) mass is 284 g/mol. The third-order valence-corrected chi connectivity index (χ3v) is 4.06. The van der Waals surface area contributed by atoms with Crippen molar-refractivity contribution in [3.63, 3.8) is 0 Å². The van der Waals surface area contributed by atoms with Gasteiger partial charge >= 0.3 is 0 Å². The summed E-state index contributed by atoms with van der Waals surface area (Å²) in [5, 5.41) is 12.6. The molecule has 1 aromatic heterocycles. The Balaban J connectivity index is 1.77. The van der Waals surface area contributed by atoms with Crippen molar-refractivity contribution in [3.05, 3.63) is 10.0 Å². The van der Waals surface area contributed by atoms with Crippen LogP contribution >= 0.6 is 22.9 Å². The number of nitrogens with zero attached hydrogens (tertiary/aromatic N) is 3. The van der Waals surface area contributed by atoms with Crippen molar-refractivity contribution in [1.82, 2.24) is 9.88 Å². The Kier molecular flexibility index (Phi) is 4.39. The minimum absolute atomic E-state index is 0.170. The molecule has 0 spiro atoms. The summed E-state index contributed by atoms with van der Waals surface area (Å²) < 4.78 is 0. The van der Waals surface area contributed by atoms with Gasteiger partial charge < -0.3 is 10.2 Å². The van der Waals surface area contributed by atoms with E-state index in [2.05, 4.69) is 10.3 Å². The number of aromatic nitrogens is 1. The number of rotatable bonds is 4. The minimum Gasteiger partial charge on any atom is -0.361 e. The highest BCUT2D eigenvalue weighted by molar-refractivity contribution is 7.16. The maximum absolute atomic E-state index is 11.8. The Morgan fingerprint density at radius 2 is 2.28 bits per heavy atom. The van der Waals surface area contributed by atoms with Gasteiger partial charge in [0, 0.05) is 26.1 Å². The summed E-state index contributed by atoms with van der Waals surface area (Å²) in [7, 11) is 0. The Hall–Kier alpha value is -1.32. The van der Waals surface area contributed by atoms with Crippen LogP contribution in [0.1, 0.15) is 24.1 Å². The van der Waals surface area contributed by atoms with Gasteiger partial charge in [0.25, 0.3) is 0 Å². The summed E-state index contributed by atoms with van der Waals surface area (Å²) in [5.41, 5.74) is 0. The molecule has 0 atom stereocenters. The van der Waals surface area contributed by atoms with Crippen molar-refractivity contribution >= 4 is 34.0 Å². The largest absolute Gasteiger partial charge is 0.361 e. The number of anilines is 1. The number of nitriles is 1. The van der Waals surface area contributed by atoms with Crippen LogP contribution in [-0.4, -0.2) is 35.4 Å². The van der Waals surface area contributed by atoms with E-state index in [1.54, 1.807) is 0 Å². The fourth-order valence-electron chi connectivity index (χ4n) is 1.85. The highest BCUT2D eigenvalue weighted by atomic mass is 35.5. The third kappa shape index (κ3) is 3.12. The molecule has 0 aromatic carbocycles. The zero-order valence-electron chi connectivity index (χ0n) is 9.78. The lowest BCUT2D eigenvalue weighted by Crippen LogP contribution is -2.29. The lowest BCUT2D eigenvalue weighted by atomic mass is 10.3. The summed E-state index contributed by atoms with van der Waals surface area (Å²) in [4.78, 5) is 18.0. The van der Waals surface area contributed by atoms with Crippen molar-refractivity contribution in [2.75, 3.05) is 25.0 Å². The molecule has 1 saturated heterocycles. The van der Waals surface area contributed by atoms with Crippen molar-refractivity contribution in [3.8, 4) is 6.07 Å². The van der Waals surface area contributed by atoms with E-state index < -0.39 is 0 Å². The summed E-state index contributed by atoms with van der Waals surface area (Å²) in [6.45, 7) is 2.27. The maximum Gasteiger partial charge on any atom is 0.224 e. The first-order valence-electron chi connectivity index (χ1n) is 5.79. The molecule has 0 radical (unpaired) electrons. The molecule has 1 aliphatic heterocycles. The molecule has 0 saturated carbocycles. The van der Waals surface area contributed by atoms with E-state index in [4.69, 9.17) is 16.9 Å². The minimum atomic E-state index is 0.170. The molecule has 1 N–H and O–H groups in total. The highest BCUT2D eigenvalue weighted by Crippen LogP contribution is 2.25. The summed E-state index contributed by atoms with van der Waals surface area (Å²) in [6.07, 6.45) is 2.65. The number of nitrogens with one attached hydrogen (secondary N) is 1. The Bertz CT molecular complexity index is 476. The standard InChI is InChI=1S/C11H13ClN4OS/c12-10-8(7-13)18-11(15-10)14-4-3-9(17)16-5-1-2-6-16/h1-6H2,(H,14,15). The topological polar surface area (TPSA) is 69.0 Å². The van der Waals surface area contributed by atoms with Gasteiger partial charge in [0.05, 0.1) is 0 Å². The van der Waals surface area contributed by atoms with Gasteiger partial charge in [-0.2, -0.15) is 5.26 Å². The number of hydrogen-bond acceptors (Lipinski definition) is 5. The normalized spacial score (nSPS) is 14.6. The smallest absolute Gasteiger partial charge is 0.224 e. The Labute approximate surface area is 114 Å². The van der Waals surface area contributed by atoms with Crippen LogP contribution in [0.3, 0.4) is 0 Å². The molecule has 2 rings (SSSR count). The molecule has 1 aromatic rings. The third-order valence-electron chi connectivity index (χ3n) is 2.76. The van der Waals surface area contributed by atoms with Gasteiger partial charge in [-0.05, 0) is 12.8 Å². The van der Waals surface area contributed by atoms with Gasteiger partial charge in [-0.1, -0.05) is 22.9 Å². The fourth-order valence-corrected chi connectivity index (χ4v) is 2.82. The van der Waals surface area contributed by atoms with Crippen molar-refractivity contribution in [1.29, 1.82) is 5.26 Å². The first kappa shape index (κ1) is 13.1. The van der Waals surface area contributed by atoms with E-state index in [1.807, 2.05) is 11.0 Å². The molecule has 1 fully saturated rings. The second-order valence-corrected chi connectivity index (χ2v) is 5.37. The van der Waals surface area contributed by atoms with Crippen molar-refractivity contribution < 1.29 is 4.79 Å². The van der Waals surface area contributed by atoms with E-state index in [0.29, 0.717) is 23.0 Å². The predicted octanol–water partition coefficient (Wildman–Crippen LogP) is 2.09. The van der Waals surface area contributed by atoms with Gasteiger partial charge in [-0.25, -0.2) is 4.98 Å². The molecule has 96 valence electrons. The summed E-state index contributed by atoms with van der Waals surface area (Å²) in [6, 6.07) is 1.97. The Morgan fingerprint density at radius 1 is 1.56 bits per heavy atom. The van der Waals surface area contributed by atoms with Gasteiger partial charge in [0.1, 0.15) is 10.9 Å². The average Bonchev–Trinajstić information content (AvgIpc) is 2.98. The van der Waals surface area contributed by atoms with Crippen LogP contribution < -0.4 is 5.32 Å². The molecule has 0 unspecified atom stereocenters. The van der Waals surface area contributed by atoms with Gasteiger partial charge in [-0.3, -0.25) is 4.79 Å². The molecule has 1 amide bonds. The molecular formula is C11H13ClN4OS. The van der Waals surface area contributed by atoms with Crippen LogP contribution in [0.2, 0.25) is 5.15 Å². The van der Waals surface area contributed by atoms with Crippen LogP contribution in [0.15, 0.2) is 0 Å². The van der Waals surface area contributed by atoms with Crippen LogP contribution in [0.4, 0.5) is 5.13 Å². The SMILES string of the molecule is N#Cc1sc(NCCC(=O)N2CCCC2)nc1Cl. The Morgan fingerprint density at radius 3 is 2.89 bits per heavy atom. The van der Waals surface area contributed by atoms with Crippen LogP contribution in [0, 0.1) is 11.3 Å². The first-order chi connectivity index (χ1) is 8.70. The van der Waals surface area contributed by atoms with E-state index in [9.17, 15) is 4.79 Å². The molecule has 2 heterocycles. The van der Waals surface area contributed by atoms with Crippen molar-refractivity contribution in [2.45, 2.75) is 19.3 Å². The molecule has 1 aliphatic rings. The quantitative estimate of drug-likeness (QED) is 0.919. The van der Waals surface area contributed by atoms with Gasteiger partial charge in [0.2, 0.25) is 5.91 Å². The zero-order chi connectivity index (χ0) is 13.0. The van der Waals surface area contributed by atoms with Crippen molar-refractivity contribution in [2.24, 2.45) is 0 Å². The molecule has 18 heavy (non-hydrogen) atoms. The molecular weight excluding hydrogens is 272 g/mol. The number of hydrogen-bond donors (Lipinski definition) is 1. The second kappa shape index (κ2) is 6.03. The number of amides is 1. The lowest BCUT2D eigenvalue weighted by molar-refractivity contribution is -0.129. The maximum atomic E-state index is 11.8. The highest BCUT2D eigenvalue weighted by Gasteiger charge is 2.17. The molecule has 0 bridgehead atoms.